The van der Waals surface area contributed by atoms with Crippen molar-refractivity contribution in [3.8, 4) is 11.5 Å². The van der Waals surface area contributed by atoms with Gasteiger partial charge < -0.3 is 9.32 Å². The lowest BCUT2D eigenvalue weighted by atomic mass is 10.1. The van der Waals surface area contributed by atoms with Gasteiger partial charge in [-0.25, -0.2) is 0 Å². The monoisotopic (exact) mass is 348 g/mol. The molecule has 3 aromatic rings. The van der Waals surface area contributed by atoms with Crippen molar-refractivity contribution < 1.29 is 4.42 Å². The summed E-state index contributed by atoms with van der Waals surface area (Å²) in [5.74, 6) is 1.30. The third kappa shape index (κ3) is 3.63. The van der Waals surface area contributed by atoms with E-state index in [9.17, 15) is 0 Å². The number of rotatable bonds is 4. The van der Waals surface area contributed by atoms with Crippen molar-refractivity contribution in [3.63, 3.8) is 0 Å². The molecular formula is C21H24N4O. The van der Waals surface area contributed by atoms with Crippen LogP contribution >= 0.6 is 0 Å². The Morgan fingerprint density at radius 3 is 2.50 bits per heavy atom. The van der Waals surface area contributed by atoms with Crippen LogP contribution in [0.25, 0.3) is 11.5 Å². The smallest absolute Gasteiger partial charge is 0.248 e. The van der Waals surface area contributed by atoms with Crippen LogP contribution < -0.4 is 4.90 Å². The van der Waals surface area contributed by atoms with Gasteiger partial charge in [0.1, 0.15) is 0 Å². The highest BCUT2D eigenvalue weighted by atomic mass is 16.4. The fourth-order valence-electron chi connectivity index (χ4n) is 3.42. The SMILES string of the molecule is Cc1cccc(N2CCN(Cc3nnc(-c4ccccc4C)o3)CC2)c1. The van der Waals surface area contributed by atoms with Crippen molar-refractivity contribution in [3.05, 3.63) is 65.5 Å². The Morgan fingerprint density at radius 1 is 0.923 bits per heavy atom. The summed E-state index contributed by atoms with van der Waals surface area (Å²) in [5, 5.41) is 8.48. The minimum atomic E-state index is 0.608. The van der Waals surface area contributed by atoms with Crippen LogP contribution in [0.4, 0.5) is 5.69 Å². The number of hydrogen-bond acceptors (Lipinski definition) is 5. The fraction of sp³-hybridized carbons (Fsp3) is 0.333. The Balaban J connectivity index is 1.37. The Bertz CT molecular complexity index is 881. The molecule has 1 aliphatic rings. The Hall–Kier alpha value is -2.66. The molecular weight excluding hydrogens is 324 g/mol. The third-order valence-electron chi connectivity index (χ3n) is 4.94. The molecule has 1 saturated heterocycles. The van der Waals surface area contributed by atoms with Gasteiger partial charge in [0.2, 0.25) is 11.8 Å². The molecule has 1 aliphatic heterocycles. The predicted molar refractivity (Wildman–Crippen MR) is 103 cm³/mol. The van der Waals surface area contributed by atoms with Gasteiger partial charge in [-0.05, 0) is 43.2 Å². The molecule has 0 atom stereocenters. The average Bonchev–Trinajstić information content (AvgIpc) is 3.11. The van der Waals surface area contributed by atoms with E-state index >= 15 is 0 Å². The largest absolute Gasteiger partial charge is 0.419 e. The molecule has 4 rings (SSSR count). The van der Waals surface area contributed by atoms with Gasteiger partial charge in [0.05, 0.1) is 6.54 Å². The molecule has 0 aliphatic carbocycles. The van der Waals surface area contributed by atoms with Crippen molar-refractivity contribution in [1.29, 1.82) is 0 Å². The Labute approximate surface area is 154 Å². The highest BCUT2D eigenvalue weighted by Crippen LogP contribution is 2.23. The standard InChI is InChI=1S/C21H24N4O/c1-16-6-5-8-18(14-16)25-12-10-24(11-13-25)15-20-22-23-21(26-20)19-9-4-3-7-17(19)2/h3-9,14H,10-13,15H2,1-2H3. The molecule has 0 radical (unpaired) electrons. The van der Waals surface area contributed by atoms with Crippen LogP contribution in [0.5, 0.6) is 0 Å². The molecule has 1 fully saturated rings. The maximum atomic E-state index is 5.90. The van der Waals surface area contributed by atoms with Crippen LogP contribution in [0.2, 0.25) is 0 Å². The number of anilines is 1. The van der Waals surface area contributed by atoms with Crippen molar-refractivity contribution >= 4 is 5.69 Å². The Kier molecular flexibility index (Phi) is 4.71. The molecule has 1 aromatic heterocycles. The van der Waals surface area contributed by atoms with E-state index in [1.165, 1.54) is 11.3 Å². The van der Waals surface area contributed by atoms with Crippen molar-refractivity contribution in [2.75, 3.05) is 31.1 Å². The normalized spacial score (nSPS) is 15.4. The van der Waals surface area contributed by atoms with Crippen molar-refractivity contribution in [1.82, 2.24) is 15.1 Å². The van der Waals surface area contributed by atoms with Crippen LogP contribution in [0.3, 0.4) is 0 Å². The highest BCUT2D eigenvalue weighted by molar-refractivity contribution is 5.57. The summed E-state index contributed by atoms with van der Waals surface area (Å²) in [5.41, 5.74) is 4.77. The lowest BCUT2D eigenvalue weighted by Crippen LogP contribution is -2.46. The van der Waals surface area contributed by atoms with E-state index in [1.54, 1.807) is 0 Å². The zero-order valence-electron chi connectivity index (χ0n) is 15.4. The van der Waals surface area contributed by atoms with Gasteiger partial charge >= 0.3 is 0 Å². The van der Waals surface area contributed by atoms with E-state index in [-0.39, 0.29) is 0 Å². The van der Waals surface area contributed by atoms with Crippen LogP contribution in [0, 0.1) is 13.8 Å². The highest BCUT2D eigenvalue weighted by Gasteiger charge is 2.20. The molecule has 2 aromatic carbocycles. The second-order valence-electron chi connectivity index (χ2n) is 6.92. The summed E-state index contributed by atoms with van der Waals surface area (Å²) >= 11 is 0. The van der Waals surface area contributed by atoms with E-state index in [0.29, 0.717) is 18.3 Å². The fourth-order valence-corrected chi connectivity index (χ4v) is 3.42. The third-order valence-corrected chi connectivity index (χ3v) is 4.94. The van der Waals surface area contributed by atoms with Gasteiger partial charge in [-0.2, -0.15) is 0 Å². The summed E-state index contributed by atoms with van der Waals surface area (Å²) < 4.78 is 5.90. The van der Waals surface area contributed by atoms with Gasteiger partial charge in [-0.3, -0.25) is 4.90 Å². The number of benzene rings is 2. The minimum absolute atomic E-state index is 0.608. The number of hydrogen-bond donors (Lipinski definition) is 0. The number of aromatic nitrogens is 2. The van der Waals surface area contributed by atoms with Crippen molar-refractivity contribution in [2.45, 2.75) is 20.4 Å². The van der Waals surface area contributed by atoms with Crippen LogP contribution in [0.15, 0.2) is 52.9 Å². The van der Waals surface area contributed by atoms with Crippen LogP contribution in [-0.2, 0) is 6.54 Å². The zero-order valence-corrected chi connectivity index (χ0v) is 15.4. The lowest BCUT2D eigenvalue weighted by Gasteiger charge is -2.35. The first kappa shape index (κ1) is 16.8. The molecule has 26 heavy (non-hydrogen) atoms. The average molecular weight is 348 g/mol. The summed E-state index contributed by atoms with van der Waals surface area (Å²) in [6, 6.07) is 16.8. The molecule has 5 heteroatoms. The van der Waals surface area contributed by atoms with Gasteiger partial charge in [0.25, 0.3) is 0 Å². The van der Waals surface area contributed by atoms with Gasteiger partial charge in [0.15, 0.2) is 0 Å². The molecule has 0 amide bonds. The summed E-state index contributed by atoms with van der Waals surface area (Å²) in [6.45, 7) is 8.93. The zero-order chi connectivity index (χ0) is 17.9. The van der Waals surface area contributed by atoms with E-state index in [4.69, 9.17) is 4.42 Å². The summed E-state index contributed by atoms with van der Waals surface area (Å²) in [7, 11) is 0. The van der Waals surface area contributed by atoms with Crippen molar-refractivity contribution in [2.24, 2.45) is 0 Å². The predicted octanol–water partition coefficient (Wildman–Crippen LogP) is 3.68. The first-order chi connectivity index (χ1) is 12.7. The molecule has 0 bridgehead atoms. The molecule has 2 heterocycles. The second kappa shape index (κ2) is 7.30. The van der Waals surface area contributed by atoms with Crippen LogP contribution in [0.1, 0.15) is 17.0 Å². The van der Waals surface area contributed by atoms with Gasteiger partial charge in [0, 0.05) is 37.4 Å². The summed E-state index contributed by atoms with van der Waals surface area (Å²) in [6.07, 6.45) is 0. The van der Waals surface area contributed by atoms with E-state index in [1.807, 2.05) is 18.2 Å². The molecule has 134 valence electrons. The van der Waals surface area contributed by atoms with E-state index < -0.39 is 0 Å². The topological polar surface area (TPSA) is 45.4 Å². The molecule has 0 unspecified atom stereocenters. The van der Waals surface area contributed by atoms with Gasteiger partial charge in [-0.1, -0.05) is 30.3 Å². The lowest BCUT2D eigenvalue weighted by molar-refractivity contribution is 0.227. The first-order valence-corrected chi connectivity index (χ1v) is 9.11. The first-order valence-electron chi connectivity index (χ1n) is 9.11. The van der Waals surface area contributed by atoms with E-state index in [0.717, 1.165) is 37.3 Å². The molecule has 0 spiro atoms. The van der Waals surface area contributed by atoms with E-state index in [2.05, 4.69) is 64.2 Å². The minimum Gasteiger partial charge on any atom is -0.419 e. The summed E-state index contributed by atoms with van der Waals surface area (Å²) in [4.78, 5) is 4.82. The number of piperazine rings is 1. The quantitative estimate of drug-likeness (QED) is 0.720. The second-order valence-corrected chi connectivity index (χ2v) is 6.92. The molecule has 0 N–H and O–H groups in total. The van der Waals surface area contributed by atoms with Gasteiger partial charge in [-0.15, -0.1) is 10.2 Å². The number of aryl methyl sites for hydroxylation is 2. The maximum Gasteiger partial charge on any atom is 0.248 e. The molecule has 5 nitrogen and oxygen atoms in total. The van der Waals surface area contributed by atoms with Crippen LogP contribution in [-0.4, -0.2) is 41.3 Å². The maximum absolute atomic E-state index is 5.90. The number of nitrogens with zero attached hydrogens (tertiary/aromatic N) is 4. The Morgan fingerprint density at radius 2 is 1.73 bits per heavy atom. The molecule has 0 saturated carbocycles.